The molecule has 0 amide bonds. The van der Waals surface area contributed by atoms with Gasteiger partial charge in [-0.25, -0.2) is 8.96 Å². The first-order chi connectivity index (χ1) is 11.7. The molecule has 0 saturated heterocycles. The zero-order valence-corrected chi connectivity index (χ0v) is 13.1. The number of nitrogens with zero attached hydrogens (tertiary/aromatic N) is 2. The first-order valence-electron chi connectivity index (χ1n) is 7.44. The lowest BCUT2D eigenvalue weighted by Gasteiger charge is -2.02. The van der Waals surface area contributed by atoms with Gasteiger partial charge in [-0.15, -0.1) is 0 Å². The van der Waals surface area contributed by atoms with Gasteiger partial charge in [0, 0.05) is 17.2 Å². The molecular formula is C19H16FN2O2+. The average molecular weight is 323 g/mol. The predicted octanol–water partition coefficient (Wildman–Crippen LogP) is 3.07. The highest BCUT2D eigenvalue weighted by Crippen LogP contribution is 2.19. The van der Waals surface area contributed by atoms with Crippen LogP contribution in [0.2, 0.25) is 0 Å². The highest BCUT2D eigenvalue weighted by atomic mass is 19.1. The highest BCUT2D eigenvalue weighted by Gasteiger charge is 2.12. The van der Waals surface area contributed by atoms with Crippen molar-refractivity contribution in [3.8, 4) is 17.0 Å². The molecule has 3 aromatic rings. The van der Waals surface area contributed by atoms with Crippen LogP contribution in [0.4, 0.5) is 4.39 Å². The zero-order valence-electron chi connectivity index (χ0n) is 13.1. The molecule has 0 fully saturated rings. The van der Waals surface area contributed by atoms with E-state index in [2.05, 4.69) is 4.98 Å². The van der Waals surface area contributed by atoms with Gasteiger partial charge in [0.15, 0.2) is 12.2 Å². The Morgan fingerprint density at radius 3 is 2.38 bits per heavy atom. The zero-order chi connectivity index (χ0) is 16.9. The Morgan fingerprint density at radius 2 is 1.79 bits per heavy atom. The maximum atomic E-state index is 12.9. The van der Waals surface area contributed by atoms with Crippen molar-refractivity contribution in [2.75, 3.05) is 7.11 Å². The topological polar surface area (TPSA) is 43.1 Å². The van der Waals surface area contributed by atoms with Gasteiger partial charge in [-0.2, -0.15) is 0 Å². The van der Waals surface area contributed by atoms with Crippen LogP contribution >= 0.6 is 0 Å². The molecule has 0 saturated carbocycles. The Balaban J connectivity index is 1.71. The lowest BCUT2D eigenvalue weighted by atomic mass is 10.1. The van der Waals surface area contributed by atoms with Gasteiger partial charge in [0.05, 0.1) is 13.3 Å². The lowest BCUT2D eigenvalue weighted by molar-refractivity contribution is -0.686. The van der Waals surface area contributed by atoms with E-state index in [1.807, 2.05) is 30.3 Å². The smallest absolute Gasteiger partial charge is 0.287 e. The van der Waals surface area contributed by atoms with Gasteiger partial charge in [0.2, 0.25) is 5.78 Å². The first kappa shape index (κ1) is 15.8. The Labute approximate surface area is 139 Å². The normalized spacial score (nSPS) is 10.4. The van der Waals surface area contributed by atoms with Crippen molar-refractivity contribution in [3.05, 3.63) is 78.5 Å². The number of aromatic nitrogens is 2. The second-order valence-corrected chi connectivity index (χ2v) is 5.28. The Kier molecular flexibility index (Phi) is 4.61. The summed E-state index contributed by atoms with van der Waals surface area (Å²) in [7, 11) is 1.62. The first-order valence-corrected chi connectivity index (χ1v) is 7.44. The molecular weight excluding hydrogens is 307 g/mol. The third-order valence-electron chi connectivity index (χ3n) is 3.65. The van der Waals surface area contributed by atoms with E-state index >= 15 is 0 Å². The van der Waals surface area contributed by atoms with E-state index < -0.39 is 0 Å². The monoisotopic (exact) mass is 323 g/mol. The molecule has 0 spiro atoms. The number of methoxy groups -OCH3 is 1. The molecule has 4 nitrogen and oxygen atoms in total. The molecule has 0 aliphatic carbocycles. The molecule has 0 aliphatic rings. The van der Waals surface area contributed by atoms with E-state index in [0.29, 0.717) is 5.56 Å². The van der Waals surface area contributed by atoms with Crippen LogP contribution in [0, 0.1) is 5.82 Å². The van der Waals surface area contributed by atoms with Gasteiger partial charge in [-0.1, -0.05) is 0 Å². The summed E-state index contributed by atoms with van der Waals surface area (Å²) in [6, 6.07) is 15.0. The van der Waals surface area contributed by atoms with Crippen LogP contribution in [0.1, 0.15) is 10.4 Å². The maximum Gasteiger partial charge on any atom is 0.287 e. The summed E-state index contributed by atoms with van der Waals surface area (Å²) in [4.78, 5) is 16.5. The summed E-state index contributed by atoms with van der Waals surface area (Å²) in [6.07, 6.45) is 3.41. The molecule has 0 bridgehead atoms. The minimum absolute atomic E-state index is 0.0982. The third kappa shape index (κ3) is 3.63. The largest absolute Gasteiger partial charge is 0.497 e. The number of rotatable bonds is 5. The summed E-state index contributed by atoms with van der Waals surface area (Å²) in [5.41, 5.74) is 2.25. The van der Waals surface area contributed by atoms with Crippen molar-refractivity contribution in [1.29, 1.82) is 0 Å². The van der Waals surface area contributed by atoms with Gasteiger partial charge >= 0.3 is 0 Å². The summed E-state index contributed by atoms with van der Waals surface area (Å²) in [5, 5.41) is 0. The molecule has 3 rings (SSSR count). The molecule has 24 heavy (non-hydrogen) atoms. The van der Waals surface area contributed by atoms with Crippen LogP contribution in [-0.2, 0) is 6.54 Å². The van der Waals surface area contributed by atoms with Gasteiger partial charge < -0.3 is 4.74 Å². The minimum Gasteiger partial charge on any atom is -0.497 e. The Morgan fingerprint density at radius 1 is 1.08 bits per heavy atom. The van der Waals surface area contributed by atoms with Gasteiger partial charge in [-0.3, -0.25) is 4.79 Å². The van der Waals surface area contributed by atoms with Crippen LogP contribution in [0.15, 0.2) is 67.1 Å². The second kappa shape index (κ2) is 7.00. The van der Waals surface area contributed by atoms with E-state index in [9.17, 15) is 9.18 Å². The standard InChI is InChI=1S/C19H16FN2O2/c1-24-17-8-4-14(5-9-17)18-10-11-22(13-21-18)12-19(23)15-2-6-16(20)7-3-15/h2-11,13H,12H2,1H3/q+1. The number of hydrogen-bond acceptors (Lipinski definition) is 3. The quantitative estimate of drug-likeness (QED) is 0.535. The fourth-order valence-corrected chi connectivity index (χ4v) is 2.30. The highest BCUT2D eigenvalue weighted by molar-refractivity contribution is 5.94. The van der Waals surface area contributed by atoms with Crippen molar-refractivity contribution in [2.45, 2.75) is 6.54 Å². The van der Waals surface area contributed by atoms with E-state index in [4.69, 9.17) is 4.74 Å². The maximum absolute atomic E-state index is 12.9. The van der Waals surface area contributed by atoms with E-state index in [1.165, 1.54) is 24.3 Å². The molecule has 1 heterocycles. The fourth-order valence-electron chi connectivity index (χ4n) is 2.30. The fraction of sp³-hybridized carbons (Fsp3) is 0.105. The molecule has 0 radical (unpaired) electrons. The van der Waals surface area contributed by atoms with Crippen molar-refractivity contribution in [1.82, 2.24) is 4.98 Å². The van der Waals surface area contributed by atoms with E-state index in [0.717, 1.165) is 17.0 Å². The van der Waals surface area contributed by atoms with E-state index in [1.54, 1.807) is 24.2 Å². The van der Waals surface area contributed by atoms with Crippen molar-refractivity contribution >= 4 is 5.78 Å². The molecule has 120 valence electrons. The summed E-state index contributed by atoms with van der Waals surface area (Å²) in [6.45, 7) is 0.154. The Bertz CT molecular complexity index is 829. The Hall–Kier alpha value is -3.08. The van der Waals surface area contributed by atoms with Gasteiger partial charge in [0.1, 0.15) is 11.6 Å². The molecule has 0 unspecified atom stereocenters. The van der Waals surface area contributed by atoms with Gasteiger partial charge in [-0.05, 0) is 53.5 Å². The number of ketones is 1. The molecule has 1 aromatic heterocycles. The van der Waals surface area contributed by atoms with Crippen molar-refractivity contribution < 1.29 is 18.5 Å². The molecule has 5 heteroatoms. The summed E-state index contributed by atoms with van der Waals surface area (Å²) < 4.78 is 19.7. The number of carbonyl (C=O) groups excluding carboxylic acids is 1. The van der Waals surface area contributed by atoms with E-state index in [-0.39, 0.29) is 18.1 Å². The number of Topliss-reactive ketones (excluding diaryl/α,β-unsaturated/α-hetero) is 1. The molecule has 2 aromatic carbocycles. The van der Waals surface area contributed by atoms with Gasteiger partial charge in [0.25, 0.3) is 6.33 Å². The number of halogens is 1. The SMILES string of the molecule is COc1ccc(-c2cc[n+](CC(=O)c3ccc(F)cc3)cn2)cc1. The number of benzene rings is 2. The van der Waals surface area contributed by atoms with Crippen LogP contribution in [0.5, 0.6) is 5.75 Å². The minimum atomic E-state index is -0.357. The number of carbonyl (C=O) groups is 1. The van der Waals surface area contributed by atoms with Crippen LogP contribution in [0.25, 0.3) is 11.3 Å². The van der Waals surface area contributed by atoms with Crippen LogP contribution in [-0.4, -0.2) is 17.9 Å². The van der Waals surface area contributed by atoms with Crippen molar-refractivity contribution in [3.63, 3.8) is 0 Å². The third-order valence-corrected chi connectivity index (χ3v) is 3.65. The van der Waals surface area contributed by atoms with Crippen LogP contribution in [0.3, 0.4) is 0 Å². The van der Waals surface area contributed by atoms with Crippen LogP contribution < -0.4 is 9.30 Å². The second-order valence-electron chi connectivity index (χ2n) is 5.28. The average Bonchev–Trinajstić information content (AvgIpc) is 2.63. The summed E-state index contributed by atoms with van der Waals surface area (Å²) in [5.74, 6) is 0.332. The van der Waals surface area contributed by atoms with Crippen molar-refractivity contribution in [2.24, 2.45) is 0 Å². The molecule has 0 atom stereocenters. The predicted molar refractivity (Wildman–Crippen MR) is 87.2 cm³/mol. The lowest BCUT2D eigenvalue weighted by Crippen LogP contribution is -2.37. The number of hydrogen-bond donors (Lipinski definition) is 0. The molecule has 0 aliphatic heterocycles. The summed E-state index contributed by atoms with van der Waals surface area (Å²) >= 11 is 0. The number of ether oxygens (including phenoxy) is 1. The molecule has 0 N–H and O–H groups in total.